The van der Waals surface area contributed by atoms with Crippen molar-refractivity contribution in [2.75, 3.05) is 19.6 Å². The van der Waals surface area contributed by atoms with E-state index < -0.39 is 17.5 Å². The summed E-state index contributed by atoms with van der Waals surface area (Å²) in [5, 5.41) is 8.64. The molecule has 0 aliphatic heterocycles. The summed E-state index contributed by atoms with van der Waals surface area (Å²) in [4.78, 5) is 16.2. The van der Waals surface area contributed by atoms with Crippen LogP contribution in [0.1, 0.15) is 28.4 Å². The minimum absolute atomic E-state index is 0. The number of nitrogens with zero attached hydrogens (tertiary/aromatic N) is 1. The van der Waals surface area contributed by atoms with Crippen molar-refractivity contribution in [3.8, 4) is 0 Å². The zero-order chi connectivity index (χ0) is 20.5. The highest BCUT2D eigenvalue weighted by molar-refractivity contribution is 14.0. The number of carbonyl (C=O) groups is 1. The molecule has 3 N–H and O–H groups in total. The lowest BCUT2D eigenvalue weighted by atomic mass is 10.1. The Kier molecular flexibility index (Phi) is 10.5. The molecule has 2 rings (SSSR count). The molecule has 0 fully saturated rings. The number of carbonyl (C=O) groups excluding carboxylic acids is 1. The van der Waals surface area contributed by atoms with Gasteiger partial charge in [-0.05, 0) is 49.7 Å². The summed E-state index contributed by atoms with van der Waals surface area (Å²) >= 11 is 0. The van der Waals surface area contributed by atoms with Gasteiger partial charge in [0, 0.05) is 30.8 Å². The molecule has 2 aromatic rings. The number of amides is 1. The van der Waals surface area contributed by atoms with Crippen LogP contribution in [-0.2, 0) is 6.54 Å². The average Bonchev–Trinajstić information content (AvgIpc) is 2.67. The van der Waals surface area contributed by atoms with E-state index >= 15 is 0 Å². The topological polar surface area (TPSA) is 65.5 Å². The molecular formula is C20H24F3IN4O. The van der Waals surface area contributed by atoms with Crippen LogP contribution in [0.25, 0.3) is 0 Å². The maximum atomic E-state index is 13.7. The molecule has 2 aromatic carbocycles. The number of guanidine groups is 1. The Bertz CT molecular complexity index is 862. The van der Waals surface area contributed by atoms with E-state index in [9.17, 15) is 18.0 Å². The van der Waals surface area contributed by atoms with Crippen molar-refractivity contribution in [2.24, 2.45) is 4.99 Å². The maximum Gasteiger partial charge on any atom is 0.251 e. The van der Waals surface area contributed by atoms with Crippen molar-refractivity contribution in [3.63, 3.8) is 0 Å². The molecule has 9 heteroatoms. The van der Waals surface area contributed by atoms with E-state index in [0.29, 0.717) is 24.6 Å². The first kappa shape index (κ1) is 24.7. The van der Waals surface area contributed by atoms with Gasteiger partial charge in [0.15, 0.2) is 5.96 Å². The summed E-state index contributed by atoms with van der Waals surface area (Å²) in [6.07, 6.45) is 0. The molecule has 0 saturated heterocycles. The van der Waals surface area contributed by atoms with Crippen LogP contribution in [0.3, 0.4) is 0 Å². The fourth-order valence-electron chi connectivity index (χ4n) is 2.36. The van der Waals surface area contributed by atoms with Gasteiger partial charge in [0.1, 0.15) is 17.5 Å². The molecule has 0 spiro atoms. The smallest absolute Gasteiger partial charge is 0.251 e. The highest BCUT2D eigenvalue weighted by atomic mass is 127. The third-order valence-corrected chi connectivity index (χ3v) is 3.90. The molecule has 158 valence electrons. The molecule has 0 atom stereocenters. The zero-order valence-electron chi connectivity index (χ0n) is 16.2. The van der Waals surface area contributed by atoms with Gasteiger partial charge < -0.3 is 16.0 Å². The molecule has 0 bridgehead atoms. The highest BCUT2D eigenvalue weighted by Crippen LogP contribution is 2.11. The first-order valence-electron chi connectivity index (χ1n) is 8.91. The van der Waals surface area contributed by atoms with Crippen molar-refractivity contribution < 1.29 is 18.0 Å². The van der Waals surface area contributed by atoms with Gasteiger partial charge in [-0.3, -0.25) is 4.79 Å². The fourth-order valence-corrected chi connectivity index (χ4v) is 2.36. The number of hydrogen-bond acceptors (Lipinski definition) is 2. The van der Waals surface area contributed by atoms with Gasteiger partial charge in [-0.15, -0.1) is 24.0 Å². The number of benzene rings is 2. The van der Waals surface area contributed by atoms with E-state index in [0.717, 1.165) is 18.2 Å². The van der Waals surface area contributed by atoms with Crippen molar-refractivity contribution in [2.45, 2.75) is 20.4 Å². The molecule has 5 nitrogen and oxygen atoms in total. The number of hydrogen-bond donors (Lipinski definition) is 3. The van der Waals surface area contributed by atoms with Crippen LogP contribution in [-0.4, -0.2) is 31.5 Å². The van der Waals surface area contributed by atoms with Gasteiger partial charge in [-0.25, -0.2) is 18.2 Å². The third kappa shape index (κ3) is 7.92. The number of aryl methyl sites for hydroxylation is 1. The van der Waals surface area contributed by atoms with Crippen LogP contribution >= 0.6 is 24.0 Å². The van der Waals surface area contributed by atoms with Gasteiger partial charge in [0.05, 0.1) is 6.54 Å². The van der Waals surface area contributed by atoms with E-state index in [1.54, 1.807) is 19.1 Å². The Morgan fingerprint density at radius 1 is 0.966 bits per heavy atom. The molecule has 29 heavy (non-hydrogen) atoms. The predicted molar refractivity (Wildman–Crippen MR) is 118 cm³/mol. The Balaban J connectivity index is 0.00000420. The molecule has 0 aliphatic rings. The minimum Gasteiger partial charge on any atom is -0.357 e. The second kappa shape index (κ2) is 12.3. The minimum atomic E-state index is -0.529. The van der Waals surface area contributed by atoms with Crippen LogP contribution < -0.4 is 16.0 Å². The van der Waals surface area contributed by atoms with Gasteiger partial charge in [-0.2, -0.15) is 0 Å². The van der Waals surface area contributed by atoms with Crippen LogP contribution in [0.4, 0.5) is 13.2 Å². The summed E-state index contributed by atoms with van der Waals surface area (Å²) in [5.41, 5.74) is 0.858. The standard InChI is InChI=1S/C20H23F3N4O.HI/c1-3-24-20(27-12-15-10-16(21)6-7-17(15)22)26-9-8-25-19(28)14-5-4-13(2)18(23)11-14;/h4-7,10-11H,3,8-9,12H2,1-2H3,(H,25,28)(H2,24,26,27);1H. The lowest BCUT2D eigenvalue weighted by molar-refractivity contribution is 0.0954. The van der Waals surface area contributed by atoms with Crippen LogP contribution in [0.5, 0.6) is 0 Å². The van der Waals surface area contributed by atoms with E-state index in [1.165, 1.54) is 6.07 Å². The maximum absolute atomic E-state index is 13.7. The van der Waals surface area contributed by atoms with Crippen LogP contribution in [0, 0.1) is 24.4 Å². The van der Waals surface area contributed by atoms with Gasteiger partial charge in [-0.1, -0.05) is 6.07 Å². The summed E-state index contributed by atoms with van der Waals surface area (Å²) in [5.74, 6) is -1.47. The fraction of sp³-hybridized carbons (Fsp3) is 0.300. The number of rotatable bonds is 7. The van der Waals surface area contributed by atoms with Gasteiger partial charge >= 0.3 is 0 Å². The Labute approximate surface area is 185 Å². The monoisotopic (exact) mass is 520 g/mol. The van der Waals surface area contributed by atoms with E-state index in [2.05, 4.69) is 20.9 Å². The lowest BCUT2D eigenvalue weighted by Gasteiger charge is -2.12. The number of halogens is 4. The van der Waals surface area contributed by atoms with Crippen molar-refractivity contribution in [3.05, 3.63) is 70.5 Å². The Morgan fingerprint density at radius 2 is 1.69 bits per heavy atom. The Hall–Kier alpha value is -2.30. The molecule has 0 unspecified atom stereocenters. The molecule has 0 radical (unpaired) electrons. The summed E-state index contributed by atoms with van der Waals surface area (Å²) in [7, 11) is 0. The van der Waals surface area contributed by atoms with E-state index in [1.807, 2.05) is 6.92 Å². The van der Waals surface area contributed by atoms with E-state index in [-0.39, 0.29) is 54.1 Å². The molecule has 0 saturated carbocycles. The number of aliphatic imine (C=N–C) groups is 1. The van der Waals surface area contributed by atoms with Crippen molar-refractivity contribution in [1.29, 1.82) is 0 Å². The SMILES string of the molecule is CCNC(=NCc1cc(F)ccc1F)NCCNC(=O)c1ccc(C)c(F)c1.I. The van der Waals surface area contributed by atoms with Crippen molar-refractivity contribution >= 4 is 35.8 Å². The second-order valence-corrected chi connectivity index (χ2v) is 6.08. The molecular weight excluding hydrogens is 496 g/mol. The largest absolute Gasteiger partial charge is 0.357 e. The first-order chi connectivity index (χ1) is 13.4. The van der Waals surface area contributed by atoms with Crippen LogP contribution in [0.15, 0.2) is 41.4 Å². The van der Waals surface area contributed by atoms with Gasteiger partial charge in [0.2, 0.25) is 0 Å². The second-order valence-electron chi connectivity index (χ2n) is 6.08. The van der Waals surface area contributed by atoms with Gasteiger partial charge in [0.25, 0.3) is 5.91 Å². The molecule has 0 aliphatic carbocycles. The molecule has 0 aromatic heterocycles. The quantitative estimate of drug-likeness (QED) is 0.227. The summed E-state index contributed by atoms with van der Waals surface area (Å²) in [6, 6.07) is 7.50. The lowest BCUT2D eigenvalue weighted by Crippen LogP contribution is -2.41. The summed E-state index contributed by atoms with van der Waals surface area (Å²) in [6.45, 7) is 4.65. The first-order valence-corrected chi connectivity index (χ1v) is 8.91. The van der Waals surface area contributed by atoms with Crippen molar-refractivity contribution in [1.82, 2.24) is 16.0 Å². The molecule has 0 heterocycles. The highest BCUT2D eigenvalue weighted by Gasteiger charge is 2.08. The van der Waals surface area contributed by atoms with Crippen LogP contribution in [0.2, 0.25) is 0 Å². The molecule has 1 amide bonds. The number of nitrogens with one attached hydrogen (secondary N) is 3. The third-order valence-electron chi connectivity index (χ3n) is 3.90. The zero-order valence-corrected chi connectivity index (χ0v) is 18.5. The Morgan fingerprint density at radius 3 is 2.38 bits per heavy atom. The predicted octanol–water partition coefficient (Wildman–Crippen LogP) is 3.52. The normalized spacial score (nSPS) is 10.9. The average molecular weight is 520 g/mol. The summed E-state index contributed by atoms with van der Waals surface area (Å²) < 4.78 is 40.4. The van der Waals surface area contributed by atoms with E-state index in [4.69, 9.17) is 0 Å².